The molecule has 0 N–H and O–H groups in total. The Kier molecular flexibility index (Phi) is 5.32. The average Bonchev–Trinajstić information content (AvgIpc) is 2.65. The molecule has 24 heavy (non-hydrogen) atoms. The standard InChI is InChI=1S/C12H12.C11H9Br/c1-2-10-7-8-11-5-3-4-6-12(11)9-10;1-8-6-7-9-4-2-3-5-10(9)11(8)12/h3-9H,2H2,1H3;2-7H,1H3. The molecule has 0 spiro atoms. The molecule has 0 heterocycles. The van der Waals surface area contributed by atoms with E-state index < -0.39 is 0 Å². The van der Waals surface area contributed by atoms with Crippen LogP contribution >= 0.6 is 15.9 Å². The number of hydrogen-bond acceptors (Lipinski definition) is 0. The van der Waals surface area contributed by atoms with Crippen molar-refractivity contribution < 1.29 is 0 Å². The molecule has 0 radical (unpaired) electrons. The zero-order valence-corrected chi connectivity index (χ0v) is 15.7. The quantitative estimate of drug-likeness (QED) is 0.326. The van der Waals surface area contributed by atoms with Crippen LogP contribution in [0.2, 0.25) is 0 Å². The number of hydrogen-bond donors (Lipinski definition) is 0. The normalized spacial score (nSPS) is 10.5. The van der Waals surface area contributed by atoms with E-state index in [1.54, 1.807) is 0 Å². The van der Waals surface area contributed by atoms with Gasteiger partial charge in [0.1, 0.15) is 0 Å². The Balaban J connectivity index is 0.000000141. The second-order valence-electron chi connectivity index (χ2n) is 5.95. The van der Waals surface area contributed by atoms with Crippen molar-refractivity contribution in [1.82, 2.24) is 0 Å². The number of benzene rings is 4. The molecular formula is C23H21Br. The van der Waals surface area contributed by atoms with Gasteiger partial charge in [0.15, 0.2) is 0 Å². The molecule has 0 unspecified atom stereocenters. The van der Waals surface area contributed by atoms with Gasteiger partial charge < -0.3 is 0 Å². The van der Waals surface area contributed by atoms with Crippen molar-refractivity contribution in [2.45, 2.75) is 20.3 Å². The molecule has 0 saturated heterocycles. The maximum Gasteiger partial charge on any atom is 0.0282 e. The number of rotatable bonds is 1. The Morgan fingerprint density at radius 3 is 2.08 bits per heavy atom. The second-order valence-corrected chi connectivity index (χ2v) is 6.75. The Hall–Kier alpha value is -2.12. The molecule has 0 aliphatic heterocycles. The first-order chi connectivity index (χ1) is 11.7. The highest BCUT2D eigenvalue weighted by Crippen LogP contribution is 2.26. The summed E-state index contributed by atoms with van der Waals surface area (Å²) in [6, 6.07) is 27.8. The Morgan fingerprint density at radius 1 is 0.708 bits per heavy atom. The van der Waals surface area contributed by atoms with Crippen LogP contribution in [-0.4, -0.2) is 0 Å². The first-order valence-corrected chi connectivity index (χ1v) is 9.10. The zero-order valence-electron chi connectivity index (χ0n) is 14.1. The second kappa shape index (κ2) is 7.63. The summed E-state index contributed by atoms with van der Waals surface area (Å²) < 4.78 is 1.21. The van der Waals surface area contributed by atoms with Gasteiger partial charge in [-0.15, -0.1) is 0 Å². The van der Waals surface area contributed by atoms with Gasteiger partial charge in [0, 0.05) is 4.47 Å². The Labute approximate surface area is 152 Å². The molecular weight excluding hydrogens is 356 g/mol. The molecule has 0 aliphatic rings. The van der Waals surface area contributed by atoms with Gasteiger partial charge >= 0.3 is 0 Å². The van der Waals surface area contributed by atoms with E-state index in [4.69, 9.17) is 0 Å². The van der Waals surface area contributed by atoms with Crippen molar-refractivity contribution in [3.8, 4) is 0 Å². The van der Waals surface area contributed by atoms with Gasteiger partial charge in [-0.2, -0.15) is 0 Å². The summed E-state index contributed by atoms with van der Waals surface area (Å²) in [7, 11) is 0. The minimum absolute atomic E-state index is 1.12. The third-order valence-corrected chi connectivity index (χ3v) is 5.33. The topological polar surface area (TPSA) is 0 Å². The van der Waals surface area contributed by atoms with Crippen LogP contribution in [0.3, 0.4) is 0 Å². The average molecular weight is 377 g/mol. The van der Waals surface area contributed by atoms with Crippen LogP contribution in [0.1, 0.15) is 18.1 Å². The molecule has 0 atom stereocenters. The van der Waals surface area contributed by atoms with E-state index in [1.807, 2.05) is 0 Å². The highest BCUT2D eigenvalue weighted by atomic mass is 79.9. The lowest BCUT2D eigenvalue weighted by Crippen LogP contribution is -1.79. The van der Waals surface area contributed by atoms with Gasteiger partial charge in [0.25, 0.3) is 0 Å². The summed E-state index contributed by atoms with van der Waals surface area (Å²) in [6.45, 7) is 4.29. The summed E-state index contributed by atoms with van der Waals surface area (Å²) in [4.78, 5) is 0. The number of aryl methyl sites for hydroxylation is 2. The van der Waals surface area contributed by atoms with Gasteiger partial charge in [-0.25, -0.2) is 0 Å². The molecule has 0 aliphatic carbocycles. The van der Waals surface area contributed by atoms with Crippen molar-refractivity contribution in [3.05, 3.63) is 94.5 Å². The molecule has 1 heteroatoms. The maximum atomic E-state index is 3.58. The third kappa shape index (κ3) is 3.68. The number of halogens is 1. The van der Waals surface area contributed by atoms with Gasteiger partial charge in [-0.05, 0) is 61.9 Å². The van der Waals surface area contributed by atoms with Crippen LogP contribution in [-0.2, 0) is 6.42 Å². The molecule has 0 aromatic heterocycles. The zero-order chi connectivity index (χ0) is 16.9. The molecule has 0 bridgehead atoms. The first kappa shape index (κ1) is 16.7. The predicted octanol–water partition coefficient (Wildman–Crippen LogP) is 7.31. The Morgan fingerprint density at radius 2 is 1.33 bits per heavy atom. The van der Waals surface area contributed by atoms with E-state index in [0.717, 1.165) is 6.42 Å². The van der Waals surface area contributed by atoms with E-state index >= 15 is 0 Å². The van der Waals surface area contributed by atoms with E-state index in [1.165, 1.54) is 37.1 Å². The molecule has 0 amide bonds. The van der Waals surface area contributed by atoms with Gasteiger partial charge in [0.05, 0.1) is 0 Å². The van der Waals surface area contributed by atoms with Crippen LogP contribution in [0, 0.1) is 6.92 Å². The lowest BCUT2D eigenvalue weighted by molar-refractivity contribution is 1.15. The summed E-state index contributed by atoms with van der Waals surface area (Å²) >= 11 is 3.58. The highest BCUT2D eigenvalue weighted by molar-refractivity contribution is 9.10. The van der Waals surface area contributed by atoms with Crippen molar-refractivity contribution in [2.24, 2.45) is 0 Å². The molecule has 0 saturated carbocycles. The SMILES string of the molecule is CCc1ccc2ccccc2c1.Cc1ccc2ccccc2c1Br. The Bertz CT molecular complexity index is 970. The van der Waals surface area contributed by atoms with Gasteiger partial charge in [-0.1, -0.05) is 85.8 Å². The lowest BCUT2D eigenvalue weighted by atomic mass is 10.1. The van der Waals surface area contributed by atoms with Crippen molar-refractivity contribution in [3.63, 3.8) is 0 Å². The van der Waals surface area contributed by atoms with Crippen molar-refractivity contribution in [2.75, 3.05) is 0 Å². The van der Waals surface area contributed by atoms with E-state index in [9.17, 15) is 0 Å². The fourth-order valence-electron chi connectivity index (χ4n) is 2.80. The molecule has 0 nitrogen and oxygen atoms in total. The molecule has 0 fully saturated rings. The van der Waals surface area contributed by atoms with Crippen LogP contribution in [0.4, 0.5) is 0 Å². The highest BCUT2D eigenvalue weighted by Gasteiger charge is 1.99. The lowest BCUT2D eigenvalue weighted by Gasteiger charge is -2.02. The fraction of sp³-hybridized carbons (Fsp3) is 0.130. The van der Waals surface area contributed by atoms with Gasteiger partial charge in [0.2, 0.25) is 0 Å². The minimum Gasteiger partial charge on any atom is -0.0616 e. The largest absolute Gasteiger partial charge is 0.0616 e. The van der Waals surface area contributed by atoms with Crippen molar-refractivity contribution >= 4 is 37.5 Å². The first-order valence-electron chi connectivity index (χ1n) is 8.30. The molecule has 120 valence electrons. The van der Waals surface area contributed by atoms with Crippen molar-refractivity contribution in [1.29, 1.82) is 0 Å². The van der Waals surface area contributed by atoms with Crippen LogP contribution in [0.5, 0.6) is 0 Å². The van der Waals surface area contributed by atoms with Crippen LogP contribution < -0.4 is 0 Å². The fourth-order valence-corrected chi connectivity index (χ4v) is 3.29. The molecule has 4 rings (SSSR count). The summed E-state index contributed by atoms with van der Waals surface area (Å²) in [6.07, 6.45) is 1.12. The van der Waals surface area contributed by atoms with E-state index in [0.29, 0.717) is 0 Å². The third-order valence-electron chi connectivity index (χ3n) is 4.28. The summed E-state index contributed by atoms with van der Waals surface area (Å²) in [5, 5.41) is 5.25. The summed E-state index contributed by atoms with van der Waals surface area (Å²) in [5.41, 5.74) is 2.70. The van der Waals surface area contributed by atoms with E-state index in [-0.39, 0.29) is 0 Å². The predicted molar refractivity (Wildman–Crippen MR) is 110 cm³/mol. The van der Waals surface area contributed by atoms with Crippen LogP contribution in [0.25, 0.3) is 21.5 Å². The molecule has 4 aromatic carbocycles. The number of fused-ring (bicyclic) bond motifs is 2. The summed E-state index contributed by atoms with van der Waals surface area (Å²) in [5.74, 6) is 0. The van der Waals surface area contributed by atoms with Crippen LogP contribution in [0.15, 0.2) is 83.3 Å². The van der Waals surface area contributed by atoms with E-state index in [2.05, 4.69) is 109 Å². The maximum absolute atomic E-state index is 3.58. The minimum atomic E-state index is 1.12. The molecule has 4 aromatic rings. The van der Waals surface area contributed by atoms with Gasteiger partial charge in [-0.3, -0.25) is 0 Å². The monoisotopic (exact) mass is 376 g/mol. The smallest absolute Gasteiger partial charge is 0.0282 e.